The first-order chi connectivity index (χ1) is 17.7. The number of hydrogen-bond acceptors (Lipinski definition) is 5. The summed E-state index contributed by atoms with van der Waals surface area (Å²) in [5.74, 6) is -0.851. The molecule has 0 saturated carbocycles. The molecule has 2 aliphatic carbocycles. The van der Waals surface area contributed by atoms with Gasteiger partial charge in [0.1, 0.15) is 5.75 Å². The highest BCUT2D eigenvalue weighted by Crippen LogP contribution is 2.50. The number of aryl methyl sites for hydroxylation is 2. The number of benzene rings is 2. The van der Waals surface area contributed by atoms with Crippen LogP contribution in [0.2, 0.25) is 0 Å². The van der Waals surface area contributed by atoms with Crippen LogP contribution in [0.15, 0.2) is 86.5 Å². The van der Waals surface area contributed by atoms with Gasteiger partial charge in [-0.25, -0.2) is 23.5 Å². The number of aromatic nitrogens is 3. The second kappa shape index (κ2) is 8.03. The fraction of sp³-hybridized carbons (Fsp3) is 0.241. The number of phenolic OH excluding ortho intramolecular Hbond substituents is 1. The number of Topliss-reactive ketones (excluding diaryl/α,β-unsaturated/α-hetero) is 1. The van der Waals surface area contributed by atoms with Crippen LogP contribution in [0.4, 0.5) is 0 Å². The van der Waals surface area contributed by atoms with E-state index in [2.05, 4.69) is 0 Å². The Morgan fingerprint density at radius 2 is 1.59 bits per heavy atom. The minimum atomic E-state index is -0.611. The molecule has 37 heavy (non-hydrogen) atoms. The van der Waals surface area contributed by atoms with E-state index >= 15 is 0 Å². The van der Waals surface area contributed by atoms with Crippen molar-refractivity contribution < 1.29 is 14.7 Å². The van der Waals surface area contributed by atoms with Gasteiger partial charge >= 0.3 is 11.4 Å². The fourth-order valence-corrected chi connectivity index (χ4v) is 5.97. The Labute approximate surface area is 212 Å². The molecular weight excluding hydrogens is 470 g/mol. The molecule has 186 valence electrons. The summed E-state index contributed by atoms with van der Waals surface area (Å²) in [4.78, 5) is 53.7. The molecule has 3 aliphatic rings. The third-order valence-electron chi connectivity index (χ3n) is 7.69. The molecule has 1 N–H and O–H groups in total. The van der Waals surface area contributed by atoms with E-state index in [1.165, 1.54) is 15.4 Å². The monoisotopic (exact) mass is 495 g/mol. The van der Waals surface area contributed by atoms with E-state index in [0.717, 1.165) is 15.7 Å². The van der Waals surface area contributed by atoms with Gasteiger partial charge < -0.3 is 5.11 Å². The lowest BCUT2D eigenvalue weighted by molar-refractivity contribution is -0.116. The summed E-state index contributed by atoms with van der Waals surface area (Å²) in [5, 5.41) is 10.4. The van der Waals surface area contributed by atoms with Gasteiger partial charge in [0.05, 0.1) is 18.3 Å². The summed E-state index contributed by atoms with van der Waals surface area (Å²) in [5.41, 5.74) is 3.55. The van der Waals surface area contributed by atoms with Crippen molar-refractivity contribution in [2.75, 3.05) is 0 Å². The lowest BCUT2D eigenvalue weighted by Crippen LogP contribution is -2.40. The van der Waals surface area contributed by atoms with E-state index in [9.17, 15) is 24.3 Å². The number of phenols is 1. The van der Waals surface area contributed by atoms with E-state index in [1.54, 1.807) is 45.0 Å². The fourth-order valence-electron chi connectivity index (χ4n) is 5.97. The summed E-state index contributed by atoms with van der Waals surface area (Å²) < 4.78 is 3.97. The number of carbonyl (C=O) groups is 2. The van der Waals surface area contributed by atoms with Crippen molar-refractivity contribution in [3.8, 4) is 11.4 Å². The summed E-state index contributed by atoms with van der Waals surface area (Å²) in [7, 11) is 0. The van der Waals surface area contributed by atoms with Gasteiger partial charge in [-0.1, -0.05) is 36.4 Å². The van der Waals surface area contributed by atoms with Gasteiger partial charge in [-0.2, -0.15) is 0 Å². The molecule has 0 amide bonds. The molecule has 0 fully saturated rings. The summed E-state index contributed by atoms with van der Waals surface area (Å²) in [6, 6.07) is 11.8. The molecule has 3 aromatic rings. The van der Waals surface area contributed by atoms with Crippen LogP contribution < -0.4 is 11.4 Å². The molecule has 1 aromatic heterocycles. The van der Waals surface area contributed by atoms with Crippen molar-refractivity contribution in [1.29, 1.82) is 0 Å². The standard InChI is InChI=1S/C29H25N3O5/c1-15-11-18(12-16(2)26(15)34)24-20-9-10-30-28(36)31(19-7-5-4-6-8-19)29(37)32(30)22(20)14-21-23(33)13-17(3)27(35)25(21)24/h4-9,11-13,22,24,34H,10,14H2,1-3H3/t22-,24+/m1/s1. The Morgan fingerprint density at radius 1 is 0.919 bits per heavy atom. The minimum absolute atomic E-state index is 0.139. The highest BCUT2D eigenvalue weighted by atomic mass is 16.3. The van der Waals surface area contributed by atoms with Gasteiger partial charge in [0.25, 0.3) is 0 Å². The first-order valence-electron chi connectivity index (χ1n) is 12.2. The van der Waals surface area contributed by atoms with Crippen molar-refractivity contribution in [3.63, 3.8) is 0 Å². The third-order valence-corrected chi connectivity index (χ3v) is 7.69. The quantitative estimate of drug-likeness (QED) is 0.435. The van der Waals surface area contributed by atoms with Gasteiger partial charge in [0.2, 0.25) is 0 Å². The van der Waals surface area contributed by atoms with E-state index in [4.69, 9.17) is 0 Å². The molecule has 0 bridgehead atoms. The topological polar surface area (TPSA) is 103 Å². The number of para-hydroxylation sites is 1. The highest BCUT2D eigenvalue weighted by molar-refractivity contribution is 6.23. The molecule has 1 aliphatic heterocycles. The minimum Gasteiger partial charge on any atom is -0.507 e. The SMILES string of the molecule is CC1=CC(=O)C2=C(C1=O)[C@@H](c1cc(C)c(O)c(C)c1)C1=CCn3c(=O)n(-c4ccccc4)c(=O)n3[C@@H]1C2. The Balaban J connectivity index is 1.61. The van der Waals surface area contributed by atoms with Crippen LogP contribution in [0.25, 0.3) is 5.69 Å². The second-order valence-corrected chi connectivity index (χ2v) is 9.94. The third kappa shape index (κ3) is 3.21. The summed E-state index contributed by atoms with van der Waals surface area (Å²) >= 11 is 0. The maximum atomic E-state index is 13.7. The summed E-state index contributed by atoms with van der Waals surface area (Å²) in [6.45, 7) is 5.37. The molecule has 0 radical (unpaired) electrons. The highest BCUT2D eigenvalue weighted by Gasteiger charge is 2.45. The Hall–Kier alpha value is -4.46. The zero-order chi connectivity index (χ0) is 26.2. The number of nitrogens with zero attached hydrogens (tertiary/aromatic N) is 3. The Kier molecular flexibility index (Phi) is 4.98. The number of allylic oxidation sites excluding steroid dienone is 6. The number of aromatic hydroxyl groups is 1. The first kappa shape index (κ1) is 23.0. The predicted molar refractivity (Wildman–Crippen MR) is 137 cm³/mol. The van der Waals surface area contributed by atoms with Crippen LogP contribution in [-0.4, -0.2) is 30.6 Å². The maximum absolute atomic E-state index is 13.7. The lowest BCUT2D eigenvalue weighted by Gasteiger charge is -2.39. The van der Waals surface area contributed by atoms with Crippen molar-refractivity contribution in [3.05, 3.63) is 115 Å². The van der Waals surface area contributed by atoms with Crippen molar-refractivity contribution in [1.82, 2.24) is 13.9 Å². The van der Waals surface area contributed by atoms with Gasteiger partial charge in [-0.15, -0.1) is 0 Å². The molecular formula is C29H25N3O5. The summed E-state index contributed by atoms with van der Waals surface area (Å²) in [6.07, 6.45) is 3.40. The van der Waals surface area contributed by atoms with Crippen LogP contribution in [-0.2, 0) is 16.1 Å². The second-order valence-electron chi connectivity index (χ2n) is 9.94. The van der Waals surface area contributed by atoms with Crippen molar-refractivity contribution >= 4 is 11.6 Å². The normalized spacial score (nSPS) is 20.7. The first-order valence-corrected chi connectivity index (χ1v) is 12.2. The van der Waals surface area contributed by atoms with Gasteiger partial charge in [-0.05, 0) is 61.2 Å². The average molecular weight is 496 g/mol. The molecule has 8 heteroatoms. The van der Waals surface area contributed by atoms with Crippen LogP contribution in [0.5, 0.6) is 5.75 Å². The van der Waals surface area contributed by atoms with Crippen molar-refractivity contribution in [2.45, 2.75) is 45.7 Å². The number of rotatable bonds is 2. The lowest BCUT2D eigenvalue weighted by atomic mass is 9.67. The van der Waals surface area contributed by atoms with Gasteiger partial charge in [-0.3, -0.25) is 9.59 Å². The van der Waals surface area contributed by atoms with E-state index < -0.39 is 23.3 Å². The van der Waals surface area contributed by atoms with Gasteiger partial charge in [0, 0.05) is 29.1 Å². The largest absolute Gasteiger partial charge is 0.507 e. The van der Waals surface area contributed by atoms with Crippen molar-refractivity contribution in [2.24, 2.45) is 0 Å². The number of fused-ring (bicyclic) bond motifs is 3. The van der Waals surface area contributed by atoms with E-state index in [-0.39, 0.29) is 30.3 Å². The molecule has 0 saturated heterocycles. The average Bonchev–Trinajstić information content (AvgIpc) is 3.14. The molecule has 2 atom stereocenters. The van der Waals surface area contributed by atoms with E-state index in [0.29, 0.717) is 33.5 Å². The predicted octanol–water partition coefficient (Wildman–Crippen LogP) is 3.19. The van der Waals surface area contributed by atoms with Crippen LogP contribution in [0.1, 0.15) is 42.0 Å². The molecule has 8 nitrogen and oxygen atoms in total. The molecule has 2 heterocycles. The maximum Gasteiger partial charge on any atom is 0.352 e. The Bertz CT molecular complexity index is 1720. The smallest absolute Gasteiger partial charge is 0.352 e. The van der Waals surface area contributed by atoms with Crippen LogP contribution >= 0.6 is 0 Å². The number of carbonyl (C=O) groups excluding carboxylic acids is 2. The Morgan fingerprint density at radius 3 is 2.27 bits per heavy atom. The van der Waals surface area contributed by atoms with Gasteiger partial charge in [0.15, 0.2) is 11.6 Å². The molecule has 2 aromatic carbocycles. The number of ketones is 2. The zero-order valence-corrected chi connectivity index (χ0v) is 20.7. The molecule has 0 spiro atoms. The van der Waals surface area contributed by atoms with Crippen LogP contribution in [0.3, 0.4) is 0 Å². The molecule has 6 rings (SSSR count). The van der Waals surface area contributed by atoms with E-state index in [1.807, 2.05) is 24.3 Å². The van der Waals surface area contributed by atoms with Crippen LogP contribution in [0, 0.1) is 13.8 Å². The zero-order valence-electron chi connectivity index (χ0n) is 20.7. The number of hydrogen-bond donors (Lipinski definition) is 1. The molecule has 0 unspecified atom stereocenters.